The molecule has 3 aliphatic heterocycles. The zero-order chi connectivity index (χ0) is 43.1. The minimum Gasteiger partial charge on any atom is -0.371 e. The Balaban J connectivity index is 0.715. The number of piperidine rings is 3. The first kappa shape index (κ1) is 41.6. The second-order valence-corrected chi connectivity index (χ2v) is 22.4. The van der Waals surface area contributed by atoms with Crippen molar-refractivity contribution in [3.63, 3.8) is 0 Å². The highest BCUT2D eigenvalue weighted by Gasteiger charge is 2.51. The lowest BCUT2D eigenvalue weighted by Gasteiger charge is -2.52. The molecule has 2 saturated carbocycles. The van der Waals surface area contributed by atoms with Gasteiger partial charge in [0, 0.05) is 50.5 Å². The zero-order valence-electron chi connectivity index (χ0n) is 35.3. The van der Waals surface area contributed by atoms with E-state index in [9.17, 15) is 27.6 Å². The molecule has 5 aromatic rings. The summed E-state index contributed by atoms with van der Waals surface area (Å²) in [6.45, 7) is 6.86. The summed E-state index contributed by atoms with van der Waals surface area (Å²) in [7, 11) is -1.73. The number of imidazole rings is 1. The van der Waals surface area contributed by atoms with Gasteiger partial charge in [-0.05, 0) is 143 Å². The van der Waals surface area contributed by atoms with Crippen molar-refractivity contribution in [2.24, 2.45) is 18.4 Å². The van der Waals surface area contributed by atoms with E-state index in [1.54, 1.807) is 41.2 Å². The molecule has 2 aromatic carbocycles. The number of fused-ring (bicyclic) bond motifs is 2. The third kappa shape index (κ3) is 7.39. The second kappa shape index (κ2) is 16.0. The number of pyridine rings is 1. The third-order valence-corrected chi connectivity index (χ3v) is 18.3. The zero-order valence-corrected chi connectivity index (χ0v) is 37.7. The van der Waals surface area contributed by atoms with Crippen LogP contribution in [0.2, 0.25) is 5.02 Å². The predicted octanol–water partition coefficient (Wildman–Crippen LogP) is 7.45. The SMILES string of the molecule is Cc1cc(S(=O)(=O)C2CC3(CCN(CC4CCN(c5ccc6c(c5)n(C)c(=O)n6C5CCC(=O)NC5=O)CC4)CC3)C2)ccc1Nc1cc2c(cc(Cl)c(=O)n2C2CCCC2)s1. The maximum absolute atomic E-state index is 13.9. The van der Waals surface area contributed by atoms with Crippen LogP contribution in [-0.4, -0.2) is 76.8 Å². The minimum atomic E-state index is -3.47. The summed E-state index contributed by atoms with van der Waals surface area (Å²) in [5.74, 6) is -0.139. The average Bonchev–Trinajstić information content (AvgIpc) is 3.97. The number of anilines is 3. The van der Waals surface area contributed by atoms with Crippen LogP contribution in [0.4, 0.5) is 16.4 Å². The standard InChI is InChI=1S/C46H54ClN7O6S2/c1-28-21-32(8-9-35(28)48-42-24-39-40(61-42)23-34(47)44(57)53(39)30-5-3-4-6-30)62(59,60)33-25-46(26-33)15-19-51(20-16-46)27-29-13-17-52(18-14-29)31-7-10-36-38(22-31)50(2)45(58)54(36)37-11-12-41(55)49-43(37)56/h7-10,21-24,29-30,33,37,48H,3-6,11-20,25-27H2,1-2H3,(H,49,55,56). The highest BCUT2D eigenvalue weighted by Crippen LogP contribution is 2.53. The maximum Gasteiger partial charge on any atom is 0.329 e. The van der Waals surface area contributed by atoms with Crippen molar-refractivity contribution in [3.05, 3.63) is 80.0 Å². The number of halogens is 1. The highest BCUT2D eigenvalue weighted by molar-refractivity contribution is 7.92. The number of rotatable bonds is 9. The Labute approximate surface area is 369 Å². The fourth-order valence-electron chi connectivity index (χ4n) is 11.2. The number of imide groups is 1. The molecule has 0 radical (unpaired) electrons. The Hall–Kier alpha value is -4.44. The van der Waals surface area contributed by atoms with Crippen molar-refractivity contribution in [1.29, 1.82) is 0 Å². The van der Waals surface area contributed by atoms with Crippen LogP contribution in [0.5, 0.6) is 0 Å². The van der Waals surface area contributed by atoms with Gasteiger partial charge in [0.15, 0.2) is 9.84 Å². The number of aryl methyl sites for hydroxylation is 2. The van der Waals surface area contributed by atoms with Crippen LogP contribution >= 0.6 is 22.9 Å². The van der Waals surface area contributed by atoms with Gasteiger partial charge in [0.25, 0.3) is 5.56 Å². The molecule has 3 aromatic heterocycles. The molecule has 2 N–H and O–H groups in total. The summed E-state index contributed by atoms with van der Waals surface area (Å²) in [5, 5.41) is 6.65. The Morgan fingerprint density at radius 3 is 2.31 bits per heavy atom. The molecular weight excluding hydrogens is 846 g/mol. The van der Waals surface area contributed by atoms with E-state index in [2.05, 4.69) is 20.4 Å². The third-order valence-electron chi connectivity index (χ3n) is 14.9. The van der Waals surface area contributed by atoms with Gasteiger partial charge in [-0.15, -0.1) is 11.3 Å². The van der Waals surface area contributed by atoms with Crippen molar-refractivity contribution in [2.45, 2.75) is 106 Å². The van der Waals surface area contributed by atoms with Crippen LogP contribution < -0.4 is 26.8 Å². The van der Waals surface area contributed by atoms with E-state index in [0.29, 0.717) is 22.8 Å². The van der Waals surface area contributed by atoms with E-state index in [1.807, 2.05) is 41.8 Å². The van der Waals surface area contributed by atoms with E-state index in [0.717, 1.165) is 135 Å². The summed E-state index contributed by atoms with van der Waals surface area (Å²) in [6, 6.07) is 14.7. The summed E-state index contributed by atoms with van der Waals surface area (Å²) in [5.41, 5.74) is 4.85. The van der Waals surface area contributed by atoms with Crippen molar-refractivity contribution < 1.29 is 18.0 Å². The van der Waals surface area contributed by atoms with Crippen LogP contribution in [0.3, 0.4) is 0 Å². The van der Waals surface area contributed by atoms with Crippen molar-refractivity contribution in [2.75, 3.05) is 42.9 Å². The first-order valence-corrected chi connectivity index (χ1v) is 25.0. The van der Waals surface area contributed by atoms with Gasteiger partial charge in [-0.1, -0.05) is 24.4 Å². The molecule has 16 heteroatoms. The normalized spacial score (nSPS) is 21.9. The number of sulfone groups is 1. The Morgan fingerprint density at radius 1 is 0.855 bits per heavy atom. The fourth-order valence-corrected chi connectivity index (χ4v) is 14.6. The number of aromatic nitrogens is 3. The van der Waals surface area contributed by atoms with Gasteiger partial charge >= 0.3 is 5.69 Å². The lowest BCUT2D eigenvalue weighted by atomic mass is 9.63. The minimum absolute atomic E-state index is 0.105. The molecule has 2 aliphatic carbocycles. The molecule has 1 unspecified atom stereocenters. The van der Waals surface area contributed by atoms with Gasteiger partial charge in [-0.2, -0.15) is 0 Å². The van der Waals surface area contributed by atoms with Gasteiger partial charge in [-0.25, -0.2) is 13.2 Å². The quantitative estimate of drug-likeness (QED) is 0.144. The predicted molar refractivity (Wildman–Crippen MR) is 245 cm³/mol. The first-order chi connectivity index (χ1) is 29.8. The molecule has 5 aliphatic rings. The Kier molecular flexibility index (Phi) is 10.7. The molecule has 0 bridgehead atoms. The highest BCUT2D eigenvalue weighted by atomic mass is 35.5. The van der Waals surface area contributed by atoms with E-state index < -0.39 is 21.8 Å². The molecule has 2 amide bonds. The van der Waals surface area contributed by atoms with E-state index in [1.165, 1.54) is 4.57 Å². The largest absolute Gasteiger partial charge is 0.371 e. The summed E-state index contributed by atoms with van der Waals surface area (Å²) in [6.07, 6.45) is 10.4. The van der Waals surface area contributed by atoms with Gasteiger partial charge < -0.3 is 19.7 Å². The summed E-state index contributed by atoms with van der Waals surface area (Å²) >= 11 is 7.94. The molecular formula is C46H54ClN7O6S2. The number of carbonyl (C=O) groups is 2. The van der Waals surface area contributed by atoms with Gasteiger partial charge in [0.2, 0.25) is 11.8 Å². The number of hydrogen-bond acceptors (Lipinski definition) is 10. The number of nitrogens with zero attached hydrogens (tertiary/aromatic N) is 5. The molecule has 10 rings (SSSR count). The number of likely N-dealkylation sites (tertiary alicyclic amines) is 1. The van der Waals surface area contributed by atoms with Crippen LogP contribution in [0.25, 0.3) is 21.3 Å². The number of amides is 2. The fraction of sp³-hybridized carbons (Fsp3) is 0.522. The molecule has 3 saturated heterocycles. The first-order valence-electron chi connectivity index (χ1n) is 22.3. The Morgan fingerprint density at radius 2 is 1.60 bits per heavy atom. The van der Waals surface area contributed by atoms with Gasteiger partial charge in [-0.3, -0.25) is 28.8 Å². The summed E-state index contributed by atoms with van der Waals surface area (Å²) in [4.78, 5) is 56.0. The molecule has 6 heterocycles. The smallest absolute Gasteiger partial charge is 0.329 e. The molecule has 13 nitrogen and oxygen atoms in total. The van der Waals surface area contributed by atoms with E-state index >= 15 is 0 Å². The van der Waals surface area contributed by atoms with Crippen molar-refractivity contribution in [1.82, 2.24) is 23.9 Å². The van der Waals surface area contributed by atoms with E-state index in [-0.39, 0.29) is 45.3 Å². The number of benzene rings is 2. The topological polar surface area (TPSA) is 148 Å². The number of thiophene rings is 1. The van der Waals surface area contributed by atoms with Crippen LogP contribution in [0.1, 0.15) is 94.7 Å². The van der Waals surface area contributed by atoms with E-state index in [4.69, 9.17) is 11.6 Å². The van der Waals surface area contributed by atoms with Crippen LogP contribution in [-0.2, 0) is 26.5 Å². The van der Waals surface area contributed by atoms with Crippen LogP contribution in [0, 0.1) is 18.3 Å². The van der Waals surface area contributed by atoms with Crippen molar-refractivity contribution >= 4 is 82.2 Å². The lowest BCUT2D eigenvalue weighted by Crippen LogP contribution is -2.52. The van der Waals surface area contributed by atoms with Gasteiger partial charge in [0.05, 0.1) is 36.4 Å². The molecule has 1 spiro atoms. The maximum atomic E-state index is 13.9. The molecule has 1 atom stereocenters. The molecule has 62 heavy (non-hydrogen) atoms. The average molecular weight is 901 g/mol. The van der Waals surface area contributed by atoms with Crippen molar-refractivity contribution in [3.8, 4) is 0 Å². The summed E-state index contributed by atoms with van der Waals surface area (Å²) < 4.78 is 33.8. The number of nitrogens with one attached hydrogen (secondary N) is 2. The lowest BCUT2D eigenvalue weighted by molar-refractivity contribution is -0.135. The Bertz CT molecular complexity index is 2830. The number of hydrogen-bond donors (Lipinski definition) is 2. The monoisotopic (exact) mass is 899 g/mol. The molecule has 328 valence electrons. The van der Waals surface area contributed by atoms with Gasteiger partial charge in [0.1, 0.15) is 11.1 Å². The molecule has 5 fully saturated rings. The number of carbonyl (C=O) groups excluding carboxylic acids is 2. The van der Waals surface area contributed by atoms with Crippen LogP contribution in [0.15, 0.2) is 63.0 Å². The second-order valence-electron chi connectivity index (χ2n) is 18.7.